The molecule has 1 heterocycles. The quantitative estimate of drug-likeness (QED) is 0.750. The van der Waals surface area contributed by atoms with Gasteiger partial charge in [-0.2, -0.15) is 0 Å². The zero-order chi connectivity index (χ0) is 12.1. The molecule has 0 saturated heterocycles. The van der Waals surface area contributed by atoms with Gasteiger partial charge in [-0.05, 0) is 43.4 Å². The van der Waals surface area contributed by atoms with E-state index >= 15 is 0 Å². The topological polar surface area (TPSA) is 39.2 Å². The van der Waals surface area contributed by atoms with Crippen LogP contribution in [0.3, 0.4) is 0 Å². The summed E-state index contributed by atoms with van der Waals surface area (Å²) in [5, 5.41) is 0. The summed E-state index contributed by atoms with van der Waals surface area (Å²) in [6.45, 7) is 0. The van der Waals surface area contributed by atoms with E-state index in [1.807, 2.05) is 0 Å². The van der Waals surface area contributed by atoms with Gasteiger partial charge in [-0.3, -0.25) is 4.79 Å². The molecule has 1 aliphatic carbocycles. The fourth-order valence-corrected chi connectivity index (χ4v) is 2.10. The molecule has 0 amide bonds. The number of carbonyl (C=O) groups is 1. The van der Waals surface area contributed by atoms with Gasteiger partial charge in [0.15, 0.2) is 5.69 Å². The van der Waals surface area contributed by atoms with Crippen molar-refractivity contribution in [3.8, 4) is 5.75 Å². The van der Waals surface area contributed by atoms with Crippen LogP contribution in [0.1, 0.15) is 42.6 Å². The van der Waals surface area contributed by atoms with Crippen LogP contribution in [0, 0.1) is 0 Å². The molecule has 17 heavy (non-hydrogen) atoms. The molecule has 0 saturated carbocycles. The zero-order valence-electron chi connectivity index (χ0n) is 10.1. The molecule has 3 heteroatoms. The lowest BCUT2D eigenvalue weighted by molar-refractivity contribution is 0.102. The fraction of sp³-hybridized carbons (Fsp3) is 0.429. The van der Waals surface area contributed by atoms with Gasteiger partial charge in [-0.25, -0.2) is 4.98 Å². The van der Waals surface area contributed by atoms with Gasteiger partial charge < -0.3 is 4.74 Å². The van der Waals surface area contributed by atoms with Crippen LogP contribution >= 0.6 is 0 Å². The molecule has 0 atom stereocenters. The van der Waals surface area contributed by atoms with Gasteiger partial charge in [0.25, 0.3) is 0 Å². The Bertz CT molecular complexity index is 438. The van der Waals surface area contributed by atoms with E-state index < -0.39 is 0 Å². The van der Waals surface area contributed by atoms with Crippen molar-refractivity contribution in [3.05, 3.63) is 35.7 Å². The molecule has 0 spiro atoms. The Balaban J connectivity index is 2.26. The minimum atomic E-state index is 0.0179. The first-order chi connectivity index (χ1) is 8.33. The first kappa shape index (κ1) is 11.8. The summed E-state index contributed by atoms with van der Waals surface area (Å²) in [4.78, 5) is 16.5. The number of pyridine rings is 1. The molecule has 0 fully saturated rings. The molecule has 0 radical (unpaired) electrons. The number of hydrogen-bond donors (Lipinski definition) is 0. The number of rotatable bonds is 3. The van der Waals surface area contributed by atoms with Gasteiger partial charge in [0.1, 0.15) is 5.75 Å². The number of methoxy groups -OCH3 is 1. The summed E-state index contributed by atoms with van der Waals surface area (Å²) in [5.41, 5.74) is 1.32. The van der Waals surface area contributed by atoms with Crippen molar-refractivity contribution in [1.82, 2.24) is 4.98 Å². The number of nitrogens with zero attached hydrogens (tertiary/aromatic N) is 1. The van der Waals surface area contributed by atoms with Crippen molar-refractivity contribution in [3.63, 3.8) is 0 Å². The highest BCUT2D eigenvalue weighted by molar-refractivity contribution is 6.09. The van der Waals surface area contributed by atoms with Crippen molar-refractivity contribution in [1.29, 1.82) is 0 Å². The molecule has 0 N–H and O–H groups in total. The predicted molar refractivity (Wildman–Crippen MR) is 66.3 cm³/mol. The van der Waals surface area contributed by atoms with Gasteiger partial charge in [0, 0.05) is 6.20 Å². The van der Waals surface area contributed by atoms with Crippen LogP contribution in [0.15, 0.2) is 30.0 Å². The SMILES string of the molecule is COc1cccnc1C(=O)C1=CCCCCC1. The average Bonchev–Trinajstić information content (AvgIpc) is 2.66. The monoisotopic (exact) mass is 231 g/mol. The fourth-order valence-electron chi connectivity index (χ4n) is 2.10. The minimum Gasteiger partial charge on any atom is -0.494 e. The first-order valence-corrected chi connectivity index (χ1v) is 6.05. The number of hydrogen-bond acceptors (Lipinski definition) is 3. The lowest BCUT2D eigenvalue weighted by Crippen LogP contribution is -2.07. The highest BCUT2D eigenvalue weighted by Gasteiger charge is 2.18. The Labute approximate surface area is 102 Å². The van der Waals surface area contributed by atoms with E-state index in [4.69, 9.17) is 4.74 Å². The lowest BCUT2D eigenvalue weighted by atomic mass is 10.0. The maximum Gasteiger partial charge on any atom is 0.210 e. The van der Waals surface area contributed by atoms with E-state index in [0.717, 1.165) is 24.8 Å². The average molecular weight is 231 g/mol. The highest BCUT2D eigenvalue weighted by atomic mass is 16.5. The molecule has 1 aliphatic rings. The Morgan fingerprint density at radius 3 is 3.06 bits per heavy atom. The maximum atomic E-state index is 12.3. The summed E-state index contributed by atoms with van der Waals surface area (Å²) in [6.07, 6.45) is 9.01. The number of ketones is 1. The lowest BCUT2D eigenvalue weighted by Gasteiger charge is -2.07. The van der Waals surface area contributed by atoms with Gasteiger partial charge in [-0.15, -0.1) is 0 Å². The third kappa shape index (κ3) is 2.73. The number of carbonyl (C=O) groups excluding carboxylic acids is 1. The summed E-state index contributed by atoms with van der Waals surface area (Å²) < 4.78 is 5.18. The highest BCUT2D eigenvalue weighted by Crippen LogP contribution is 2.24. The first-order valence-electron chi connectivity index (χ1n) is 6.05. The van der Waals surface area contributed by atoms with Gasteiger partial charge in [0.2, 0.25) is 5.78 Å². The second-order valence-electron chi connectivity index (χ2n) is 4.21. The van der Waals surface area contributed by atoms with E-state index in [2.05, 4.69) is 11.1 Å². The molecular formula is C14H17NO2. The second-order valence-corrected chi connectivity index (χ2v) is 4.21. The van der Waals surface area contributed by atoms with Crippen LogP contribution in [0.2, 0.25) is 0 Å². The van der Waals surface area contributed by atoms with Crippen LogP contribution in [0.4, 0.5) is 0 Å². The summed E-state index contributed by atoms with van der Waals surface area (Å²) in [5.74, 6) is 0.576. The van der Waals surface area contributed by atoms with E-state index in [1.54, 1.807) is 25.4 Å². The minimum absolute atomic E-state index is 0.0179. The predicted octanol–water partition coefficient (Wildman–Crippen LogP) is 3.16. The van der Waals surface area contributed by atoms with Crippen molar-refractivity contribution >= 4 is 5.78 Å². The van der Waals surface area contributed by atoms with Gasteiger partial charge in [0.05, 0.1) is 7.11 Å². The van der Waals surface area contributed by atoms with E-state index in [0.29, 0.717) is 11.4 Å². The van der Waals surface area contributed by atoms with E-state index in [-0.39, 0.29) is 5.78 Å². The standard InChI is InChI=1S/C14H17NO2/c1-17-12-9-6-10-15-13(12)14(16)11-7-4-2-3-5-8-11/h6-7,9-10H,2-5,8H2,1H3. The zero-order valence-corrected chi connectivity index (χ0v) is 10.1. The summed E-state index contributed by atoms with van der Waals surface area (Å²) in [7, 11) is 1.56. The third-order valence-corrected chi connectivity index (χ3v) is 3.04. The number of aromatic nitrogens is 1. The van der Waals surface area contributed by atoms with Crippen molar-refractivity contribution in [2.24, 2.45) is 0 Å². The van der Waals surface area contributed by atoms with Crippen molar-refractivity contribution < 1.29 is 9.53 Å². The Hall–Kier alpha value is -1.64. The molecule has 1 aromatic heterocycles. The molecule has 1 aromatic rings. The van der Waals surface area contributed by atoms with Crippen molar-refractivity contribution in [2.45, 2.75) is 32.1 Å². The molecule has 3 nitrogen and oxygen atoms in total. The molecule has 0 aromatic carbocycles. The molecule has 0 bridgehead atoms. The molecule has 2 rings (SSSR count). The van der Waals surface area contributed by atoms with Gasteiger partial charge >= 0.3 is 0 Å². The Kier molecular flexibility index (Phi) is 3.91. The van der Waals surface area contributed by atoms with Crippen LogP contribution in [-0.4, -0.2) is 17.9 Å². The number of Topliss-reactive ketones (excluding diaryl/α,β-unsaturated/α-hetero) is 1. The Morgan fingerprint density at radius 2 is 2.24 bits per heavy atom. The molecule has 0 unspecified atom stereocenters. The second kappa shape index (κ2) is 5.62. The smallest absolute Gasteiger partial charge is 0.210 e. The largest absolute Gasteiger partial charge is 0.494 e. The van der Waals surface area contributed by atoms with Crippen molar-refractivity contribution in [2.75, 3.05) is 7.11 Å². The number of ether oxygens (including phenoxy) is 1. The molecular weight excluding hydrogens is 214 g/mol. The summed E-state index contributed by atoms with van der Waals surface area (Å²) in [6, 6.07) is 3.55. The number of allylic oxidation sites excluding steroid dienone is 2. The van der Waals surface area contributed by atoms with Crippen LogP contribution in [0.25, 0.3) is 0 Å². The van der Waals surface area contributed by atoms with Crippen LogP contribution < -0.4 is 4.74 Å². The van der Waals surface area contributed by atoms with Gasteiger partial charge in [-0.1, -0.05) is 12.5 Å². The normalized spacial score (nSPS) is 15.9. The maximum absolute atomic E-state index is 12.3. The van der Waals surface area contributed by atoms with Crippen LogP contribution in [-0.2, 0) is 0 Å². The van der Waals surface area contributed by atoms with E-state index in [1.165, 1.54) is 12.8 Å². The third-order valence-electron chi connectivity index (χ3n) is 3.04. The Morgan fingerprint density at radius 1 is 1.35 bits per heavy atom. The molecule has 0 aliphatic heterocycles. The van der Waals surface area contributed by atoms with Crippen LogP contribution in [0.5, 0.6) is 5.75 Å². The summed E-state index contributed by atoms with van der Waals surface area (Å²) >= 11 is 0. The molecule has 90 valence electrons. The van der Waals surface area contributed by atoms with E-state index in [9.17, 15) is 4.79 Å².